The first-order chi connectivity index (χ1) is 14.0. The summed E-state index contributed by atoms with van der Waals surface area (Å²) in [6.45, 7) is 0. The Labute approximate surface area is 175 Å². The topological polar surface area (TPSA) is 90.0 Å². The third-order valence-electron chi connectivity index (χ3n) is 4.36. The molecule has 0 saturated carbocycles. The average Bonchev–Trinajstić information content (AvgIpc) is 2.73. The lowest BCUT2D eigenvalue weighted by molar-refractivity contribution is 0.102. The van der Waals surface area contributed by atoms with E-state index in [1.165, 1.54) is 16.8 Å². The third-order valence-corrected chi connectivity index (χ3v) is 4.98. The summed E-state index contributed by atoms with van der Waals surface area (Å²) in [6.07, 6.45) is 0. The molecule has 4 aromatic rings. The van der Waals surface area contributed by atoms with Crippen molar-refractivity contribution in [1.29, 1.82) is 0 Å². The number of hydrogen-bond donors (Lipinski definition) is 2. The molecule has 8 heteroatoms. The van der Waals surface area contributed by atoms with E-state index in [2.05, 4.69) is 10.4 Å². The first-order valence-electron chi connectivity index (χ1n) is 8.59. The van der Waals surface area contributed by atoms with Crippen molar-refractivity contribution in [2.75, 3.05) is 11.1 Å². The molecule has 3 aromatic carbocycles. The normalized spacial score (nSPS) is 10.8. The van der Waals surface area contributed by atoms with E-state index in [4.69, 9.17) is 28.9 Å². The molecular weight excluding hydrogens is 411 g/mol. The number of nitrogen functional groups attached to an aromatic ring is 1. The first-order valence-corrected chi connectivity index (χ1v) is 9.34. The molecule has 144 valence electrons. The van der Waals surface area contributed by atoms with Crippen molar-refractivity contribution in [2.45, 2.75) is 0 Å². The van der Waals surface area contributed by atoms with E-state index in [1.807, 2.05) is 6.07 Å². The van der Waals surface area contributed by atoms with E-state index < -0.39 is 5.91 Å². The van der Waals surface area contributed by atoms with Gasteiger partial charge in [0.1, 0.15) is 0 Å². The van der Waals surface area contributed by atoms with Gasteiger partial charge in [-0.05, 0) is 30.3 Å². The highest BCUT2D eigenvalue weighted by molar-refractivity contribution is 6.39. The number of carbonyl (C=O) groups excluding carboxylic acids is 1. The lowest BCUT2D eigenvalue weighted by atomic mass is 10.1. The molecule has 6 nitrogen and oxygen atoms in total. The van der Waals surface area contributed by atoms with Crippen LogP contribution in [0.25, 0.3) is 16.5 Å². The second-order valence-corrected chi connectivity index (χ2v) is 7.07. The van der Waals surface area contributed by atoms with Gasteiger partial charge in [-0.25, -0.2) is 0 Å². The number of benzene rings is 3. The molecule has 1 amide bonds. The molecule has 0 fully saturated rings. The van der Waals surface area contributed by atoms with Crippen LogP contribution in [0.2, 0.25) is 10.0 Å². The molecule has 0 aliphatic carbocycles. The lowest BCUT2D eigenvalue weighted by Crippen LogP contribution is -2.26. The Morgan fingerprint density at radius 3 is 2.17 bits per heavy atom. The molecule has 3 N–H and O–H groups in total. The summed E-state index contributed by atoms with van der Waals surface area (Å²) < 4.78 is 1.21. The van der Waals surface area contributed by atoms with Crippen LogP contribution in [-0.4, -0.2) is 15.7 Å². The van der Waals surface area contributed by atoms with E-state index in [0.717, 1.165) is 0 Å². The lowest BCUT2D eigenvalue weighted by Gasteiger charge is -2.12. The second-order valence-electron chi connectivity index (χ2n) is 6.25. The number of nitrogens with zero attached hydrogens (tertiary/aromatic N) is 2. The second kappa shape index (κ2) is 7.58. The van der Waals surface area contributed by atoms with Crippen LogP contribution in [0.3, 0.4) is 0 Å². The fourth-order valence-corrected chi connectivity index (χ4v) is 3.44. The Hall–Kier alpha value is -3.35. The van der Waals surface area contributed by atoms with Crippen LogP contribution in [0.1, 0.15) is 10.5 Å². The predicted octanol–water partition coefficient (Wildman–Crippen LogP) is 4.53. The highest BCUT2D eigenvalue weighted by atomic mass is 35.5. The van der Waals surface area contributed by atoms with Gasteiger partial charge in [-0.15, -0.1) is 0 Å². The molecule has 0 saturated heterocycles. The van der Waals surface area contributed by atoms with Gasteiger partial charge >= 0.3 is 0 Å². The zero-order chi connectivity index (χ0) is 20.5. The van der Waals surface area contributed by atoms with Crippen LogP contribution in [0.4, 0.5) is 11.4 Å². The van der Waals surface area contributed by atoms with Gasteiger partial charge in [0.05, 0.1) is 26.8 Å². The molecule has 1 aromatic heterocycles. The number of halogens is 2. The van der Waals surface area contributed by atoms with Crippen molar-refractivity contribution < 1.29 is 4.79 Å². The van der Waals surface area contributed by atoms with Gasteiger partial charge in [0.2, 0.25) is 0 Å². The summed E-state index contributed by atoms with van der Waals surface area (Å²) in [7, 11) is 0. The van der Waals surface area contributed by atoms with Gasteiger partial charge in [0.25, 0.3) is 11.5 Å². The Balaban J connectivity index is 1.86. The van der Waals surface area contributed by atoms with Crippen LogP contribution in [0.5, 0.6) is 0 Å². The van der Waals surface area contributed by atoms with E-state index in [-0.39, 0.29) is 27.0 Å². The fourth-order valence-electron chi connectivity index (χ4n) is 2.95. The molecule has 0 unspecified atom stereocenters. The number of nitrogens with two attached hydrogens (primary N) is 1. The van der Waals surface area contributed by atoms with Crippen LogP contribution in [0.15, 0.2) is 71.5 Å². The fraction of sp³-hybridized carbons (Fsp3) is 0. The highest BCUT2D eigenvalue weighted by Crippen LogP contribution is 2.31. The molecule has 0 spiro atoms. The van der Waals surface area contributed by atoms with Gasteiger partial charge < -0.3 is 11.1 Å². The standard InChI is InChI=1S/C21H14Cl2N4O2/c22-16-10-12(11-17(23)18(16)24)25-20(28)19-14-8-4-5-9-15(14)21(29)27(26-19)13-6-2-1-3-7-13/h1-11H,24H2,(H,25,28). The molecule has 0 aliphatic heterocycles. The van der Waals surface area contributed by atoms with Crippen molar-refractivity contribution in [3.63, 3.8) is 0 Å². The maximum atomic E-state index is 13.0. The highest BCUT2D eigenvalue weighted by Gasteiger charge is 2.18. The summed E-state index contributed by atoms with van der Waals surface area (Å²) in [6, 6.07) is 18.7. The van der Waals surface area contributed by atoms with E-state index >= 15 is 0 Å². The number of carbonyl (C=O) groups is 1. The van der Waals surface area contributed by atoms with Crippen LogP contribution in [-0.2, 0) is 0 Å². The molecule has 0 aliphatic rings. The quantitative estimate of drug-likeness (QED) is 0.472. The Bertz CT molecular complexity index is 1280. The SMILES string of the molecule is Nc1c(Cl)cc(NC(=O)c2nn(-c3ccccc3)c(=O)c3ccccc23)cc1Cl. The Kier molecular flexibility index (Phi) is 4.96. The minimum atomic E-state index is -0.511. The van der Waals surface area contributed by atoms with Crippen molar-refractivity contribution >= 4 is 51.3 Å². The number of rotatable bonds is 3. The van der Waals surface area contributed by atoms with Gasteiger partial charge in [0.15, 0.2) is 5.69 Å². The van der Waals surface area contributed by atoms with Crippen LogP contribution < -0.4 is 16.6 Å². The van der Waals surface area contributed by atoms with E-state index in [1.54, 1.807) is 48.5 Å². The van der Waals surface area contributed by atoms with Crippen molar-refractivity contribution in [1.82, 2.24) is 9.78 Å². The number of hydrogen-bond acceptors (Lipinski definition) is 4. The molecule has 1 heterocycles. The summed E-state index contributed by atoms with van der Waals surface area (Å²) in [5.41, 5.74) is 6.66. The first kappa shape index (κ1) is 19.0. The Morgan fingerprint density at radius 2 is 1.52 bits per heavy atom. The summed E-state index contributed by atoms with van der Waals surface area (Å²) in [4.78, 5) is 25.9. The zero-order valence-corrected chi connectivity index (χ0v) is 16.4. The zero-order valence-electron chi connectivity index (χ0n) is 14.9. The minimum Gasteiger partial charge on any atom is -0.396 e. The molecular formula is C21H14Cl2N4O2. The predicted molar refractivity (Wildman–Crippen MR) is 116 cm³/mol. The molecule has 0 bridgehead atoms. The van der Waals surface area contributed by atoms with E-state index in [0.29, 0.717) is 22.1 Å². The molecule has 29 heavy (non-hydrogen) atoms. The van der Waals surface area contributed by atoms with Crippen LogP contribution in [0, 0.1) is 0 Å². The van der Waals surface area contributed by atoms with Gasteiger partial charge in [-0.2, -0.15) is 9.78 Å². The maximum Gasteiger partial charge on any atom is 0.279 e. The van der Waals surface area contributed by atoms with Gasteiger partial charge in [-0.3, -0.25) is 9.59 Å². The summed E-state index contributed by atoms with van der Waals surface area (Å²) >= 11 is 12.1. The minimum absolute atomic E-state index is 0.0909. The van der Waals surface area contributed by atoms with Gasteiger partial charge in [-0.1, -0.05) is 59.6 Å². The van der Waals surface area contributed by atoms with Crippen LogP contribution >= 0.6 is 23.2 Å². The number of aromatic nitrogens is 2. The largest absolute Gasteiger partial charge is 0.396 e. The number of fused-ring (bicyclic) bond motifs is 1. The number of para-hydroxylation sites is 1. The summed E-state index contributed by atoms with van der Waals surface area (Å²) in [5, 5.41) is 8.31. The van der Waals surface area contributed by atoms with E-state index in [9.17, 15) is 9.59 Å². The number of anilines is 2. The molecule has 0 atom stereocenters. The maximum absolute atomic E-state index is 13.0. The Morgan fingerprint density at radius 1 is 0.931 bits per heavy atom. The van der Waals surface area contributed by atoms with Crippen molar-refractivity contribution in [3.05, 3.63) is 92.8 Å². The summed E-state index contributed by atoms with van der Waals surface area (Å²) in [5.74, 6) is -0.511. The number of nitrogens with one attached hydrogen (secondary N) is 1. The monoisotopic (exact) mass is 424 g/mol. The van der Waals surface area contributed by atoms with Gasteiger partial charge in [0, 0.05) is 11.1 Å². The molecule has 4 rings (SSSR count). The smallest absolute Gasteiger partial charge is 0.279 e. The third kappa shape index (κ3) is 3.55. The average molecular weight is 425 g/mol. The van der Waals surface area contributed by atoms with Crippen molar-refractivity contribution in [2.24, 2.45) is 0 Å². The van der Waals surface area contributed by atoms with Crippen molar-refractivity contribution in [3.8, 4) is 5.69 Å². The number of amides is 1. The molecule has 0 radical (unpaired) electrons.